The van der Waals surface area contributed by atoms with Crippen LogP contribution in [0.5, 0.6) is 0 Å². The van der Waals surface area contributed by atoms with E-state index in [1.165, 1.54) is 37.9 Å². The van der Waals surface area contributed by atoms with Crippen LogP contribution in [0, 0.1) is 0 Å². The lowest BCUT2D eigenvalue weighted by atomic mass is 10.1. The van der Waals surface area contributed by atoms with Gasteiger partial charge in [0, 0.05) is 37.3 Å². The molecule has 0 saturated carbocycles. The molecule has 0 radical (unpaired) electrons. The van der Waals surface area contributed by atoms with Crippen molar-refractivity contribution in [2.45, 2.75) is 44.4 Å². The molecule has 0 aromatic carbocycles. The van der Waals surface area contributed by atoms with E-state index in [-0.39, 0.29) is 0 Å². The summed E-state index contributed by atoms with van der Waals surface area (Å²) in [5.74, 6) is 1.10. The van der Waals surface area contributed by atoms with Crippen molar-refractivity contribution in [2.75, 3.05) is 27.2 Å². The molecule has 106 valence electrons. The highest BCUT2D eigenvalue weighted by Crippen LogP contribution is 2.29. The van der Waals surface area contributed by atoms with Crippen LogP contribution in [0.3, 0.4) is 0 Å². The van der Waals surface area contributed by atoms with Crippen molar-refractivity contribution < 1.29 is 4.42 Å². The Kier molecular flexibility index (Phi) is 3.91. The predicted octanol–water partition coefficient (Wildman–Crippen LogP) is 1.67. The molecule has 4 nitrogen and oxygen atoms in total. The second-order valence-corrected chi connectivity index (χ2v) is 6.03. The van der Waals surface area contributed by atoms with Crippen molar-refractivity contribution in [1.29, 1.82) is 0 Å². The van der Waals surface area contributed by atoms with Gasteiger partial charge in [0.05, 0.1) is 12.8 Å². The minimum absolute atomic E-state index is 0.749. The van der Waals surface area contributed by atoms with Gasteiger partial charge in [-0.15, -0.1) is 0 Å². The summed E-state index contributed by atoms with van der Waals surface area (Å²) in [7, 11) is 4.26. The SMILES string of the molecule is CNCc1coc(CN2CCC3CCC(C2)N3C)c1. The topological polar surface area (TPSA) is 31.7 Å². The average Bonchev–Trinajstić information content (AvgIpc) is 2.90. The van der Waals surface area contributed by atoms with Crippen LogP contribution >= 0.6 is 0 Å². The number of fused-ring (bicyclic) bond motifs is 2. The maximum absolute atomic E-state index is 5.67. The van der Waals surface area contributed by atoms with Gasteiger partial charge in [0.1, 0.15) is 5.76 Å². The molecule has 4 heteroatoms. The molecule has 1 aromatic rings. The number of furan rings is 1. The Morgan fingerprint density at radius 3 is 3.00 bits per heavy atom. The molecule has 1 aromatic heterocycles. The first-order valence-corrected chi connectivity index (χ1v) is 7.41. The van der Waals surface area contributed by atoms with Gasteiger partial charge in [-0.25, -0.2) is 0 Å². The van der Waals surface area contributed by atoms with Gasteiger partial charge >= 0.3 is 0 Å². The average molecular weight is 263 g/mol. The Morgan fingerprint density at radius 1 is 1.32 bits per heavy atom. The molecule has 0 aliphatic carbocycles. The molecule has 2 bridgehead atoms. The Bertz CT molecular complexity index is 417. The highest BCUT2D eigenvalue weighted by molar-refractivity contribution is 5.12. The number of likely N-dealkylation sites (N-methyl/N-ethyl adjacent to an activating group) is 1. The van der Waals surface area contributed by atoms with E-state index in [1.54, 1.807) is 0 Å². The Balaban J connectivity index is 1.60. The van der Waals surface area contributed by atoms with Gasteiger partial charge < -0.3 is 9.73 Å². The quantitative estimate of drug-likeness (QED) is 0.895. The molecule has 2 fully saturated rings. The first-order valence-electron chi connectivity index (χ1n) is 7.41. The number of rotatable bonds is 4. The molecule has 3 rings (SSSR count). The molecule has 2 atom stereocenters. The smallest absolute Gasteiger partial charge is 0.118 e. The normalized spacial score (nSPS) is 28.7. The molecular weight excluding hydrogens is 238 g/mol. The summed E-state index contributed by atoms with van der Waals surface area (Å²) in [6.45, 7) is 4.24. The minimum Gasteiger partial charge on any atom is -0.468 e. The van der Waals surface area contributed by atoms with Crippen LogP contribution in [0.25, 0.3) is 0 Å². The van der Waals surface area contributed by atoms with Crippen LogP contribution in [0.2, 0.25) is 0 Å². The van der Waals surface area contributed by atoms with Crippen LogP contribution in [0.4, 0.5) is 0 Å². The molecule has 0 amide bonds. The van der Waals surface area contributed by atoms with Crippen LogP contribution in [-0.2, 0) is 13.1 Å². The fraction of sp³-hybridized carbons (Fsp3) is 0.733. The van der Waals surface area contributed by atoms with E-state index in [9.17, 15) is 0 Å². The Hall–Kier alpha value is -0.840. The Labute approximate surface area is 115 Å². The summed E-state index contributed by atoms with van der Waals surface area (Å²) in [4.78, 5) is 5.15. The van der Waals surface area contributed by atoms with Gasteiger partial charge in [0.15, 0.2) is 0 Å². The third-order valence-electron chi connectivity index (χ3n) is 4.70. The molecule has 2 aliphatic rings. The van der Waals surface area contributed by atoms with Gasteiger partial charge in [0.25, 0.3) is 0 Å². The number of nitrogens with one attached hydrogen (secondary N) is 1. The highest BCUT2D eigenvalue weighted by atomic mass is 16.3. The van der Waals surface area contributed by atoms with Crippen LogP contribution in [0.15, 0.2) is 16.7 Å². The summed E-state index contributed by atoms with van der Waals surface area (Å²) < 4.78 is 5.67. The molecule has 3 heterocycles. The van der Waals surface area contributed by atoms with Crippen molar-refractivity contribution in [1.82, 2.24) is 15.1 Å². The van der Waals surface area contributed by atoms with Gasteiger partial charge in [-0.2, -0.15) is 0 Å². The van der Waals surface area contributed by atoms with Gasteiger partial charge in [0.2, 0.25) is 0 Å². The van der Waals surface area contributed by atoms with E-state index in [0.29, 0.717) is 0 Å². The van der Waals surface area contributed by atoms with Crippen LogP contribution < -0.4 is 5.32 Å². The van der Waals surface area contributed by atoms with Crippen molar-refractivity contribution in [3.8, 4) is 0 Å². The second-order valence-electron chi connectivity index (χ2n) is 6.03. The number of likely N-dealkylation sites (tertiary alicyclic amines) is 1. The highest BCUT2D eigenvalue weighted by Gasteiger charge is 2.34. The maximum Gasteiger partial charge on any atom is 0.118 e. The lowest BCUT2D eigenvalue weighted by Crippen LogP contribution is -2.36. The molecule has 0 spiro atoms. The zero-order valence-electron chi connectivity index (χ0n) is 12.1. The van der Waals surface area contributed by atoms with Crippen molar-refractivity contribution in [3.63, 3.8) is 0 Å². The van der Waals surface area contributed by atoms with Crippen molar-refractivity contribution >= 4 is 0 Å². The Morgan fingerprint density at radius 2 is 2.16 bits per heavy atom. The van der Waals surface area contributed by atoms with E-state index >= 15 is 0 Å². The summed E-state index contributed by atoms with van der Waals surface area (Å²) in [6.07, 6.45) is 5.93. The van der Waals surface area contributed by atoms with Crippen LogP contribution in [-0.4, -0.2) is 49.1 Å². The van der Waals surface area contributed by atoms with Crippen molar-refractivity contribution in [2.24, 2.45) is 0 Å². The van der Waals surface area contributed by atoms with Gasteiger partial charge in [-0.1, -0.05) is 0 Å². The predicted molar refractivity (Wildman–Crippen MR) is 75.9 cm³/mol. The maximum atomic E-state index is 5.67. The van der Waals surface area contributed by atoms with Crippen LogP contribution in [0.1, 0.15) is 30.6 Å². The molecule has 2 unspecified atom stereocenters. The fourth-order valence-corrected chi connectivity index (χ4v) is 3.55. The third-order valence-corrected chi connectivity index (χ3v) is 4.70. The third kappa shape index (κ3) is 2.86. The van der Waals surface area contributed by atoms with Gasteiger partial charge in [-0.05, 0) is 39.4 Å². The van der Waals surface area contributed by atoms with E-state index in [2.05, 4.69) is 28.2 Å². The van der Waals surface area contributed by atoms with E-state index in [4.69, 9.17) is 4.42 Å². The molecule has 1 N–H and O–H groups in total. The minimum atomic E-state index is 0.749. The molecular formula is C15H25N3O. The summed E-state index contributed by atoms with van der Waals surface area (Å²) in [5, 5.41) is 3.16. The number of nitrogens with zero attached hydrogens (tertiary/aromatic N) is 2. The van der Waals surface area contributed by atoms with E-state index < -0.39 is 0 Å². The summed E-state index contributed by atoms with van der Waals surface area (Å²) in [5.41, 5.74) is 1.24. The number of hydrogen-bond acceptors (Lipinski definition) is 4. The first-order chi connectivity index (χ1) is 9.26. The fourth-order valence-electron chi connectivity index (χ4n) is 3.55. The standard InChI is InChI=1S/C15H25N3O/c1-16-8-12-7-15(19-11-12)10-18-6-5-13-3-4-14(9-18)17(13)2/h7,11,13-14,16H,3-6,8-10H2,1-2H3. The van der Waals surface area contributed by atoms with E-state index in [0.717, 1.165) is 30.9 Å². The van der Waals surface area contributed by atoms with E-state index in [1.807, 2.05) is 13.3 Å². The largest absolute Gasteiger partial charge is 0.468 e. The van der Waals surface area contributed by atoms with Gasteiger partial charge in [-0.3, -0.25) is 9.80 Å². The monoisotopic (exact) mass is 263 g/mol. The lowest BCUT2D eigenvalue weighted by molar-refractivity contribution is 0.205. The summed E-state index contributed by atoms with van der Waals surface area (Å²) in [6, 6.07) is 3.74. The molecule has 2 saturated heterocycles. The molecule has 2 aliphatic heterocycles. The summed E-state index contributed by atoms with van der Waals surface area (Å²) >= 11 is 0. The zero-order valence-corrected chi connectivity index (χ0v) is 12.1. The molecule has 19 heavy (non-hydrogen) atoms. The number of hydrogen-bond donors (Lipinski definition) is 1. The first kappa shape index (κ1) is 13.2. The lowest BCUT2D eigenvalue weighted by Gasteiger charge is -2.24. The van der Waals surface area contributed by atoms with Crippen molar-refractivity contribution in [3.05, 3.63) is 23.7 Å². The second kappa shape index (κ2) is 5.65. The zero-order chi connectivity index (χ0) is 13.2.